The summed E-state index contributed by atoms with van der Waals surface area (Å²) in [5.41, 5.74) is 0.802. The molecule has 0 aliphatic rings. The van der Waals surface area contributed by atoms with Gasteiger partial charge in [-0.25, -0.2) is 4.79 Å². The number of rotatable bonds is 5. The molecule has 0 bridgehead atoms. The lowest BCUT2D eigenvalue weighted by molar-refractivity contribution is -0.129. The average molecular weight is 319 g/mol. The van der Waals surface area contributed by atoms with Gasteiger partial charge in [0, 0.05) is 11.1 Å². The lowest BCUT2D eigenvalue weighted by Gasteiger charge is -2.11. The van der Waals surface area contributed by atoms with Crippen LogP contribution in [0.3, 0.4) is 0 Å². The summed E-state index contributed by atoms with van der Waals surface area (Å²) in [5.74, 6) is 0.545. The van der Waals surface area contributed by atoms with Crippen LogP contribution in [0.4, 0.5) is 0 Å². The molecular formula is C17H15ClO4. The van der Waals surface area contributed by atoms with Crippen molar-refractivity contribution in [2.24, 2.45) is 0 Å². The van der Waals surface area contributed by atoms with Gasteiger partial charge >= 0.3 is 5.97 Å². The SMILES string of the molecule is COc1cccc(OC)c1OC(=O)C=Cc1cccc(Cl)c1. The number of ether oxygens (including phenoxy) is 3. The molecule has 114 valence electrons. The second-order valence-corrected chi connectivity index (χ2v) is 4.74. The number of hydrogen-bond acceptors (Lipinski definition) is 4. The number of hydrogen-bond donors (Lipinski definition) is 0. The largest absolute Gasteiger partial charge is 0.493 e. The Morgan fingerprint density at radius 1 is 1.05 bits per heavy atom. The molecule has 0 radical (unpaired) electrons. The Bertz CT molecular complexity index is 673. The highest BCUT2D eigenvalue weighted by molar-refractivity contribution is 6.30. The molecule has 0 saturated carbocycles. The van der Waals surface area contributed by atoms with E-state index in [1.54, 1.807) is 42.5 Å². The van der Waals surface area contributed by atoms with Gasteiger partial charge in [-0.2, -0.15) is 0 Å². The Kier molecular flexibility index (Phi) is 5.44. The molecule has 0 aromatic heterocycles. The number of para-hydroxylation sites is 1. The van der Waals surface area contributed by atoms with Gasteiger partial charge in [-0.3, -0.25) is 0 Å². The molecule has 2 rings (SSSR count). The molecule has 0 heterocycles. The van der Waals surface area contributed by atoms with Gasteiger partial charge < -0.3 is 14.2 Å². The standard InChI is InChI=1S/C17H15ClO4/c1-20-14-7-4-8-15(21-2)17(14)22-16(19)10-9-12-5-3-6-13(18)11-12/h3-11H,1-2H3. The van der Waals surface area contributed by atoms with Crippen molar-refractivity contribution in [3.05, 3.63) is 59.1 Å². The molecule has 0 aliphatic carbocycles. The first kappa shape index (κ1) is 15.9. The van der Waals surface area contributed by atoms with E-state index in [0.717, 1.165) is 5.56 Å². The van der Waals surface area contributed by atoms with Crippen LogP contribution < -0.4 is 14.2 Å². The van der Waals surface area contributed by atoms with Crippen LogP contribution in [0.2, 0.25) is 5.02 Å². The molecule has 0 saturated heterocycles. The van der Waals surface area contributed by atoms with Crippen LogP contribution in [-0.2, 0) is 4.79 Å². The molecule has 4 nitrogen and oxygen atoms in total. The molecule has 0 spiro atoms. The van der Waals surface area contributed by atoms with Crippen molar-refractivity contribution in [2.45, 2.75) is 0 Å². The first-order valence-corrected chi connectivity index (χ1v) is 6.88. The van der Waals surface area contributed by atoms with Crippen molar-refractivity contribution in [1.29, 1.82) is 0 Å². The predicted molar refractivity (Wildman–Crippen MR) is 85.7 cm³/mol. The summed E-state index contributed by atoms with van der Waals surface area (Å²) in [4.78, 5) is 12.0. The number of carbonyl (C=O) groups is 1. The fraction of sp³-hybridized carbons (Fsp3) is 0.118. The highest BCUT2D eigenvalue weighted by Gasteiger charge is 2.13. The zero-order chi connectivity index (χ0) is 15.9. The van der Waals surface area contributed by atoms with Crippen LogP contribution in [0, 0.1) is 0 Å². The predicted octanol–water partition coefficient (Wildman–Crippen LogP) is 3.98. The van der Waals surface area contributed by atoms with Gasteiger partial charge in [0.15, 0.2) is 11.5 Å². The second-order valence-electron chi connectivity index (χ2n) is 4.30. The third kappa shape index (κ3) is 4.02. The van der Waals surface area contributed by atoms with Gasteiger partial charge in [-0.05, 0) is 35.9 Å². The molecule has 0 unspecified atom stereocenters. The molecule has 2 aromatic carbocycles. The minimum Gasteiger partial charge on any atom is -0.493 e. The van der Waals surface area contributed by atoms with E-state index in [1.807, 2.05) is 6.07 Å². The zero-order valence-electron chi connectivity index (χ0n) is 12.2. The van der Waals surface area contributed by atoms with Crippen molar-refractivity contribution >= 4 is 23.6 Å². The van der Waals surface area contributed by atoms with E-state index in [1.165, 1.54) is 20.3 Å². The maximum absolute atomic E-state index is 12.0. The van der Waals surface area contributed by atoms with Crippen LogP contribution in [0.15, 0.2) is 48.5 Å². The molecule has 0 fully saturated rings. The van der Waals surface area contributed by atoms with Crippen LogP contribution in [0.1, 0.15) is 5.56 Å². The van der Waals surface area contributed by atoms with Crippen molar-refractivity contribution in [1.82, 2.24) is 0 Å². The van der Waals surface area contributed by atoms with Crippen molar-refractivity contribution in [3.63, 3.8) is 0 Å². The Morgan fingerprint density at radius 3 is 2.27 bits per heavy atom. The van der Waals surface area contributed by atoms with Crippen LogP contribution >= 0.6 is 11.6 Å². The molecule has 0 amide bonds. The van der Waals surface area contributed by atoms with E-state index >= 15 is 0 Å². The smallest absolute Gasteiger partial charge is 0.336 e. The fourth-order valence-electron chi connectivity index (χ4n) is 1.83. The summed E-state index contributed by atoms with van der Waals surface area (Å²) < 4.78 is 15.6. The highest BCUT2D eigenvalue weighted by atomic mass is 35.5. The molecule has 0 atom stereocenters. The summed E-state index contributed by atoms with van der Waals surface area (Å²) in [5, 5.41) is 0.599. The van der Waals surface area contributed by atoms with Gasteiger partial charge in [-0.1, -0.05) is 29.8 Å². The number of halogens is 1. The van der Waals surface area contributed by atoms with Crippen LogP contribution in [0.25, 0.3) is 6.08 Å². The fourth-order valence-corrected chi connectivity index (χ4v) is 2.03. The van der Waals surface area contributed by atoms with Gasteiger partial charge in [0.2, 0.25) is 5.75 Å². The van der Waals surface area contributed by atoms with Crippen LogP contribution in [-0.4, -0.2) is 20.2 Å². The summed E-state index contributed by atoms with van der Waals surface area (Å²) >= 11 is 5.89. The molecule has 0 aliphatic heterocycles. The normalized spacial score (nSPS) is 10.5. The lowest BCUT2D eigenvalue weighted by atomic mass is 10.2. The number of carbonyl (C=O) groups excluding carboxylic acids is 1. The highest BCUT2D eigenvalue weighted by Crippen LogP contribution is 2.36. The first-order chi connectivity index (χ1) is 10.6. The Hall–Kier alpha value is -2.46. The molecule has 5 heteroatoms. The number of methoxy groups -OCH3 is 2. The molecule has 2 aromatic rings. The van der Waals surface area contributed by atoms with E-state index in [2.05, 4.69) is 0 Å². The minimum absolute atomic E-state index is 0.244. The second kappa shape index (κ2) is 7.52. The summed E-state index contributed by atoms with van der Waals surface area (Å²) in [6, 6.07) is 12.3. The monoisotopic (exact) mass is 318 g/mol. The maximum atomic E-state index is 12.0. The first-order valence-electron chi connectivity index (χ1n) is 6.50. The van der Waals surface area contributed by atoms with E-state index in [4.69, 9.17) is 25.8 Å². The van der Waals surface area contributed by atoms with E-state index < -0.39 is 5.97 Å². The van der Waals surface area contributed by atoms with Gasteiger partial charge in [0.25, 0.3) is 0 Å². The molecular weight excluding hydrogens is 304 g/mol. The van der Waals surface area contributed by atoms with Crippen LogP contribution in [0.5, 0.6) is 17.2 Å². The zero-order valence-corrected chi connectivity index (χ0v) is 13.0. The average Bonchev–Trinajstić information content (AvgIpc) is 2.53. The van der Waals surface area contributed by atoms with Gasteiger partial charge in [-0.15, -0.1) is 0 Å². The minimum atomic E-state index is -0.539. The van der Waals surface area contributed by atoms with E-state index in [-0.39, 0.29) is 5.75 Å². The summed E-state index contributed by atoms with van der Waals surface area (Å²) in [6.07, 6.45) is 2.94. The topological polar surface area (TPSA) is 44.8 Å². The van der Waals surface area contributed by atoms with Crippen molar-refractivity contribution in [3.8, 4) is 17.2 Å². The summed E-state index contributed by atoms with van der Waals surface area (Å²) in [7, 11) is 2.99. The van der Waals surface area contributed by atoms with Gasteiger partial charge in [0.05, 0.1) is 14.2 Å². The van der Waals surface area contributed by atoms with Crippen molar-refractivity contribution in [2.75, 3.05) is 14.2 Å². The Labute approximate surface area is 133 Å². The molecule has 22 heavy (non-hydrogen) atoms. The number of benzene rings is 2. The van der Waals surface area contributed by atoms with Gasteiger partial charge in [0.1, 0.15) is 0 Å². The Balaban J connectivity index is 2.15. The third-order valence-corrected chi connectivity index (χ3v) is 3.08. The third-order valence-electron chi connectivity index (χ3n) is 2.85. The number of esters is 1. The quantitative estimate of drug-likeness (QED) is 0.475. The Morgan fingerprint density at radius 2 is 1.68 bits per heavy atom. The molecule has 0 N–H and O–H groups in total. The van der Waals surface area contributed by atoms with E-state index in [9.17, 15) is 4.79 Å². The summed E-state index contributed by atoms with van der Waals surface area (Å²) in [6.45, 7) is 0. The van der Waals surface area contributed by atoms with E-state index in [0.29, 0.717) is 16.5 Å². The maximum Gasteiger partial charge on any atom is 0.336 e. The lowest BCUT2D eigenvalue weighted by Crippen LogP contribution is -2.06. The van der Waals surface area contributed by atoms with Crippen molar-refractivity contribution < 1.29 is 19.0 Å².